The molecule has 1 N–H and O–H groups in total. The molecule has 1 aromatic carbocycles. The van der Waals surface area contributed by atoms with Crippen LogP contribution in [-0.4, -0.2) is 29.7 Å². The van der Waals surface area contributed by atoms with Crippen LogP contribution in [0.2, 0.25) is 0 Å². The normalized spacial score (nSPS) is 21.3. The van der Waals surface area contributed by atoms with E-state index in [9.17, 15) is 0 Å². The van der Waals surface area contributed by atoms with E-state index in [0.29, 0.717) is 18.4 Å². The maximum atomic E-state index is 9.12. The van der Waals surface area contributed by atoms with Gasteiger partial charge >= 0.3 is 0 Å². The Morgan fingerprint density at radius 3 is 2.53 bits per heavy atom. The minimum Gasteiger partial charge on any atom is -0.396 e. The first-order chi connectivity index (χ1) is 8.19. The smallest absolute Gasteiger partial charge is 0.0471 e. The second-order valence-corrected chi connectivity index (χ2v) is 5.47. The van der Waals surface area contributed by atoms with Crippen molar-refractivity contribution in [2.75, 3.05) is 19.7 Å². The molecule has 1 aromatic rings. The van der Waals surface area contributed by atoms with E-state index in [0.717, 1.165) is 26.1 Å². The Hall–Kier alpha value is -0.860. The molecule has 1 aliphatic rings. The van der Waals surface area contributed by atoms with Crippen molar-refractivity contribution in [2.24, 2.45) is 5.92 Å². The molecule has 1 fully saturated rings. The van der Waals surface area contributed by atoms with E-state index in [1.165, 1.54) is 11.1 Å². The number of nitrogens with zero attached hydrogens (tertiary/aromatic N) is 1. The number of hydrogen-bond donors (Lipinski definition) is 1. The van der Waals surface area contributed by atoms with Crippen LogP contribution in [0.3, 0.4) is 0 Å². The summed E-state index contributed by atoms with van der Waals surface area (Å²) in [7, 11) is 0. The number of likely N-dealkylation sites (tertiary alicyclic amines) is 1. The quantitative estimate of drug-likeness (QED) is 0.864. The number of benzene rings is 1. The van der Waals surface area contributed by atoms with Crippen LogP contribution in [0.1, 0.15) is 37.3 Å². The van der Waals surface area contributed by atoms with Gasteiger partial charge in [-0.15, -0.1) is 0 Å². The van der Waals surface area contributed by atoms with Gasteiger partial charge in [-0.05, 0) is 35.9 Å². The zero-order valence-electron chi connectivity index (χ0n) is 10.9. The van der Waals surface area contributed by atoms with Crippen LogP contribution in [0.4, 0.5) is 0 Å². The van der Waals surface area contributed by atoms with Crippen LogP contribution < -0.4 is 0 Å². The highest BCUT2D eigenvalue weighted by molar-refractivity contribution is 5.24. The maximum Gasteiger partial charge on any atom is 0.0471 e. The monoisotopic (exact) mass is 233 g/mol. The van der Waals surface area contributed by atoms with Crippen molar-refractivity contribution in [3.63, 3.8) is 0 Å². The van der Waals surface area contributed by atoms with E-state index in [-0.39, 0.29) is 0 Å². The van der Waals surface area contributed by atoms with Crippen LogP contribution in [0.25, 0.3) is 0 Å². The van der Waals surface area contributed by atoms with Crippen LogP contribution in [0.5, 0.6) is 0 Å². The SMILES string of the molecule is CC(C)c1ccc(CN2CC[C@H](CO)C2)cc1. The fourth-order valence-corrected chi connectivity index (χ4v) is 2.47. The Kier molecular flexibility index (Phi) is 4.19. The highest BCUT2D eigenvalue weighted by Gasteiger charge is 2.21. The summed E-state index contributed by atoms with van der Waals surface area (Å²) in [6.07, 6.45) is 1.14. The Morgan fingerprint density at radius 1 is 1.29 bits per heavy atom. The van der Waals surface area contributed by atoms with Crippen molar-refractivity contribution in [1.29, 1.82) is 0 Å². The standard InChI is InChI=1S/C15H23NO/c1-12(2)15-5-3-13(4-6-15)9-16-8-7-14(10-16)11-17/h3-6,12,14,17H,7-11H2,1-2H3/t14-/m0/s1. The molecule has 0 saturated carbocycles. The minimum atomic E-state index is 0.336. The molecule has 0 unspecified atom stereocenters. The molecular formula is C15H23NO. The maximum absolute atomic E-state index is 9.12. The van der Waals surface area contributed by atoms with E-state index < -0.39 is 0 Å². The van der Waals surface area contributed by atoms with Crippen LogP contribution in [0.15, 0.2) is 24.3 Å². The summed E-state index contributed by atoms with van der Waals surface area (Å²) in [5, 5.41) is 9.12. The second-order valence-electron chi connectivity index (χ2n) is 5.47. The number of aliphatic hydroxyl groups excluding tert-OH is 1. The lowest BCUT2D eigenvalue weighted by atomic mass is 10.0. The third kappa shape index (κ3) is 3.30. The van der Waals surface area contributed by atoms with Gasteiger partial charge in [-0.2, -0.15) is 0 Å². The molecule has 0 amide bonds. The molecule has 0 radical (unpaired) electrons. The van der Waals surface area contributed by atoms with Crippen molar-refractivity contribution in [2.45, 2.75) is 32.7 Å². The van der Waals surface area contributed by atoms with E-state index in [4.69, 9.17) is 5.11 Å². The van der Waals surface area contributed by atoms with E-state index in [1.54, 1.807) is 0 Å². The molecule has 0 aromatic heterocycles. The van der Waals surface area contributed by atoms with Gasteiger partial charge in [0.2, 0.25) is 0 Å². The summed E-state index contributed by atoms with van der Waals surface area (Å²) in [5.41, 5.74) is 2.79. The third-order valence-corrected chi connectivity index (χ3v) is 3.68. The summed E-state index contributed by atoms with van der Waals surface area (Å²) in [6.45, 7) is 7.97. The summed E-state index contributed by atoms with van der Waals surface area (Å²) in [4.78, 5) is 2.44. The third-order valence-electron chi connectivity index (χ3n) is 3.68. The first kappa shape index (κ1) is 12.6. The topological polar surface area (TPSA) is 23.5 Å². The average Bonchev–Trinajstić information content (AvgIpc) is 2.77. The molecule has 0 spiro atoms. The molecule has 1 aliphatic heterocycles. The molecule has 0 bridgehead atoms. The molecule has 1 heterocycles. The van der Waals surface area contributed by atoms with Crippen molar-refractivity contribution in [3.8, 4) is 0 Å². The van der Waals surface area contributed by atoms with Gasteiger partial charge in [0, 0.05) is 19.7 Å². The summed E-state index contributed by atoms with van der Waals surface area (Å²) in [5.74, 6) is 1.10. The largest absolute Gasteiger partial charge is 0.396 e. The van der Waals surface area contributed by atoms with E-state index in [2.05, 4.69) is 43.0 Å². The van der Waals surface area contributed by atoms with Crippen LogP contribution in [-0.2, 0) is 6.54 Å². The molecule has 2 nitrogen and oxygen atoms in total. The lowest BCUT2D eigenvalue weighted by Gasteiger charge is -2.16. The van der Waals surface area contributed by atoms with E-state index in [1.807, 2.05) is 0 Å². The van der Waals surface area contributed by atoms with Crippen molar-refractivity contribution in [3.05, 3.63) is 35.4 Å². The highest BCUT2D eigenvalue weighted by atomic mass is 16.3. The molecule has 1 saturated heterocycles. The van der Waals surface area contributed by atoms with Crippen LogP contribution >= 0.6 is 0 Å². The second kappa shape index (κ2) is 5.65. The lowest BCUT2D eigenvalue weighted by Crippen LogP contribution is -2.20. The fourth-order valence-electron chi connectivity index (χ4n) is 2.47. The molecule has 94 valence electrons. The fraction of sp³-hybridized carbons (Fsp3) is 0.600. The van der Waals surface area contributed by atoms with E-state index >= 15 is 0 Å². The average molecular weight is 233 g/mol. The van der Waals surface area contributed by atoms with Crippen molar-refractivity contribution < 1.29 is 5.11 Å². The predicted octanol–water partition coefficient (Wildman–Crippen LogP) is 2.62. The van der Waals surface area contributed by atoms with Gasteiger partial charge in [-0.25, -0.2) is 0 Å². The number of aliphatic hydroxyl groups is 1. The Labute approximate surface area is 104 Å². The zero-order chi connectivity index (χ0) is 12.3. The summed E-state index contributed by atoms with van der Waals surface area (Å²) >= 11 is 0. The molecule has 2 rings (SSSR count). The predicted molar refractivity (Wildman–Crippen MR) is 71.0 cm³/mol. The molecule has 2 heteroatoms. The summed E-state index contributed by atoms with van der Waals surface area (Å²) < 4.78 is 0. The molecule has 17 heavy (non-hydrogen) atoms. The van der Waals surface area contributed by atoms with Gasteiger partial charge < -0.3 is 5.11 Å². The van der Waals surface area contributed by atoms with Gasteiger partial charge in [0.15, 0.2) is 0 Å². The first-order valence-electron chi connectivity index (χ1n) is 6.61. The Bertz CT molecular complexity index is 344. The van der Waals surface area contributed by atoms with Gasteiger partial charge in [-0.3, -0.25) is 4.90 Å². The van der Waals surface area contributed by atoms with Gasteiger partial charge in [-0.1, -0.05) is 38.1 Å². The lowest BCUT2D eigenvalue weighted by molar-refractivity contribution is 0.220. The van der Waals surface area contributed by atoms with Crippen LogP contribution in [0, 0.1) is 5.92 Å². The Balaban J connectivity index is 1.91. The van der Waals surface area contributed by atoms with Gasteiger partial charge in [0.1, 0.15) is 0 Å². The Morgan fingerprint density at radius 2 is 2.00 bits per heavy atom. The minimum absolute atomic E-state index is 0.336. The van der Waals surface area contributed by atoms with Crippen molar-refractivity contribution >= 4 is 0 Å². The number of hydrogen-bond acceptors (Lipinski definition) is 2. The number of rotatable bonds is 4. The van der Waals surface area contributed by atoms with Gasteiger partial charge in [0.25, 0.3) is 0 Å². The molecular weight excluding hydrogens is 210 g/mol. The highest BCUT2D eigenvalue weighted by Crippen LogP contribution is 2.19. The van der Waals surface area contributed by atoms with Gasteiger partial charge in [0.05, 0.1) is 0 Å². The van der Waals surface area contributed by atoms with Crippen molar-refractivity contribution in [1.82, 2.24) is 4.90 Å². The first-order valence-corrected chi connectivity index (χ1v) is 6.61. The molecule has 0 aliphatic carbocycles. The summed E-state index contributed by atoms with van der Waals surface area (Å²) in [6, 6.07) is 8.95. The molecule has 1 atom stereocenters. The zero-order valence-corrected chi connectivity index (χ0v) is 10.9.